The molecule has 156 valence electrons. The van der Waals surface area contributed by atoms with Crippen LogP contribution in [0.25, 0.3) is 0 Å². The number of hydrogen-bond donors (Lipinski definition) is 2. The number of anilines is 1. The number of rotatable bonds is 4. The van der Waals surface area contributed by atoms with E-state index in [1.54, 1.807) is 6.26 Å². The second kappa shape index (κ2) is 8.10. The highest BCUT2D eigenvalue weighted by Gasteiger charge is 2.39. The molecule has 2 bridgehead atoms. The van der Waals surface area contributed by atoms with E-state index < -0.39 is 17.8 Å². The number of benzene rings is 1. The molecule has 8 heteroatoms. The van der Waals surface area contributed by atoms with Crippen LogP contribution in [0.1, 0.15) is 43.4 Å². The van der Waals surface area contributed by atoms with E-state index in [4.69, 9.17) is 4.42 Å². The van der Waals surface area contributed by atoms with Gasteiger partial charge in [-0.25, -0.2) is 4.79 Å². The van der Waals surface area contributed by atoms with Crippen molar-refractivity contribution in [1.82, 2.24) is 10.2 Å². The molecule has 4 rings (SSSR count). The Hall–Kier alpha value is -2.48. The molecule has 2 N–H and O–H groups in total. The van der Waals surface area contributed by atoms with Gasteiger partial charge in [0.25, 0.3) is 0 Å². The average molecular weight is 407 g/mol. The quantitative estimate of drug-likeness (QED) is 0.750. The minimum atomic E-state index is -4.52. The number of fused-ring (bicyclic) bond motifs is 2. The molecular formula is C21H24F3N3O2. The molecule has 5 nitrogen and oxygen atoms in total. The van der Waals surface area contributed by atoms with Gasteiger partial charge in [0.2, 0.25) is 0 Å². The highest BCUT2D eigenvalue weighted by atomic mass is 19.4. The van der Waals surface area contributed by atoms with E-state index in [0.717, 1.165) is 50.5 Å². The summed E-state index contributed by atoms with van der Waals surface area (Å²) in [5.74, 6) is 0.926. The van der Waals surface area contributed by atoms with E-state index in [1.165, 1.54) is 18.2 Å². The third-order valence-corrected chi connectivity index (χ3v) is 5.86. The lowest BCUT2D eigenvalue weighted by Crippen LogP contribution is -2.56. The third kappa shape index (κ3) is 4.58. The summed E-state index contributed by atoms with van der Waals surface area (Å²) in [6, 6.07) is 8.87. The molecule has 0 radical (unpaired) electrons. The molecule has 3 atom stereocenters. The summed E-state index contributed by atoms with van der Waals surface area (Å²) >= 11 is 0. The first-order valence-electron chi connectivity index (χ1n) is 9.92. The molecule has 1 aromatic heterocycles. The van der Waals surface area contributed by atoms with E-state index in [1.807, 2.05) is 12.1 Å². The minimum Gasteiger partial charge on any atom is -0.468 e. The molecule has 0 aliphatic carbocycles. The van der Waals surface area contributed by atoms with Gasteiger partial charge in [0, 0.05) is 18.1 Å². The topological polar surface area (TPSA) is 57.5 Å². The van der Waals surface area contributed by atoms with Crippen molar-refractivity contribution in [1.29, 1.82) is 0 Å². The first-order chi connectivity index (χ1) is 13.9. The van der Waals surface area contributed by atoms with Crippen LogP contribution in [-0.2, 0) is 12.7 Å². The Morgan fingerprint density at radius 1 is 1.10 bits per heavy atom. The number of nitrogens with zero attached hydrogens (tertiary/aromatic N) is 1. The average Bonchev–Trinajstić information content (AvgIpc) is 3.15. The highest BCUT2D eigenvalue weighted by Crippen LogP contribution is 2.36. The normalized spacial score (nSPS) is 24.9. The van der Waals surface area contributed by atoms with Gasteiger partial charge in [0.1, 0.15) is 5.76 Å². The molecule has 1 aromatic carbocycles. The van der Waals surface area contributed by atoms with Gasteiger partial charge in [-0.05, 0) is 49.9 Å². The number of alkyl halides is 3. The summed E-state index contributed by atoms with van der Waals surface area (Å²) in [4.78, 5) is 14.8. The molecule has 2 saturated heterocycles. The third-order valence-electron chi connectivity index (χ3n) is 5.86. The molecule has 2 fully saturated rings. The van der Waals surface area contributed by atoms with Crippen LogP contribution in [-0.4, -0.2) is 29.1 Å². The number of carbonyl (C=O) groups is 1. The van der Waals surface area contributed by atoms with Gasteiger partial charge in [0.15, 0.2) is 0 Å². The summed E-state index contributed by atoms with van der Waals surface area (Å²) in [5, 5.41) is 5.27. The Kier molecular flexibility index (Phi) is 5.54. The van der Waals surface area contributed by atoms with Crippen molar-refractivity contribution in [3.05, 3.63) is 54.0 Å². The van der Waals surface area contributed by atoms with Gasteiger partial charge in [-0.2, -0.15) is 13.2 Å². The van der Waals surface area contributed by atoms with Crippen LogP contribution in [0.2, 0.25) is 0 Å². The van der Waals surface area contributed by atoms with E-state index in [0.29, 0.717) is 12.1 Å². The van der Waals surface area contributed by atoms with E-state index in [9.17, 15) is 18.0 Å². The SMILES string of the molecule is O=C(Nc1ccccc1C(F)(F)F)NC1C[C@H]2CCC[C@@H](C1)N2Cc1ccco1. The zero-order valence-corrected chi connectivity index (χ0v) is 15.9. The standard InChI is InChI=1S/C21H24F3N3O2/c22-21(23,24)18-8-1-2-9-19(18)26-20(28)25-14-11-15-5-3-6-16(12-14)27(15)13-17-7-4-10-29-17/h1-2,4,7-10,14-16H,3,5-6,11-13H2,(H2,25,26,28)/t14?,15-,16+. The summed E-state index contributed by atoms with van der Waals surface area (Å²) < 4.78 is 44.9. The van der Waals surface area contributed by atoms with Gasteiger partial charge in [0.05, 0.1) is 24.1 Å². The number of carbonyl (C=O) groups excluding carboxylic acids is 1. The smallest absolute Gasteiger partial charge is 0.418 e. The largest absolute Gasteiger partial charge is 0.468 e. The number of furan rings is 1. The molecule has 2 aliphatic rings. The highest BCUT2D eigenvalue weighted by molar-refractivity contribution is 5.90. The Labute approximate surface area is 167 Å². The molecule has 2 amide bonds. The predicted octanol–water partition coefficient (Wildman–Crippen LogP) is 5.01. The fraction of sp³-hybridized carbons (Fsp3) is 0.476. The lowest BCUT2D eigenvalue weighted by molar-refractivity contribution is -0.136. The van der Waals surface area contributed by atoms with Crippen LogP contribution in [0.15, 0.2) is 47.1 Å². The lowest BCUT2D eigenvalue weighted by atomic mass is 9.81. The van der Waals surface area contributed by atoms with Crippen LogP contribution < -0.4 is 10.6 Å². The van der Waals surface area contributed by atoms with Crippen molar-refractivity contribution >= 4 is 11.7 Å². The molecule has 29 heavy (non-hydrogen) atoms. The number of amides is 2. The zero-order valence-electron chi connectivity index (χ0n) is 15.9. The lowest BCUT2D eigenvalue weighted by Gasteiger charge is -2.48. The molecule has 2 aliphatic heterocycles. The maximum absolute atomic E-state index is 13.1. The number of urea groups is 1. The monoisotopic (exact) mass is 407 g/mol. The van der Waals surface area contributed by atoms with E-state index in [2.05, 4.69) is 15.5 Å². The maximum atomic E-state index is 13.1. The number of nitrogens with one attached hydrogen (secondary N) is 2. The first-order valence-corrected chi connectivity index (χ1v) is 9.92. The van der Waals surface area contributed by atoms with Crippen molar-refractivity contribution in [2.75, 3.05) is 5.32 Å². The molecule has 0 spiro atoms. The van der Waals surface area contributed by atoms with Crippen LogP contribution in [0.4, 0.5) is 23.7 Å². The number of piperidine rings is 2. The molecule has 3 heterocycles. The first kappa shape index (κ1) is 19.8. The minimum absolute atomic E-state index is 0.0591. The van der Waals surface area contributed by atoms with E-state index in [-0.39, 0.29) is 11.7 Å². The van der Waals surface area contributed by atoms with Gasteiger partial charge in [-0.15, -0.1) is 0 Å². The van der Waals surface area contributed by atoms with Crippen LogP contribution in [0.5, 0.6) is 0 Å². The second-order valence-corrected chi connectivity index (χ2v) is 7.80. The Bertz CT molecular complexity index is 824. The van der Waals surface area contributed by atoms with Gasteiger partial charge in [-0.3, -0.25) is 4.90 Å². The van der Waals surface area contributed by atoms with Gasteiger partial charge < -0.3 is 15.1 Å². The van der Waals surface area contributed by atoms with Gasteiger partial charge in [-0.1, -0.05) is 18.6 Å². The number of para-hydroxylation sites is 1. The summed E-state index contributed by atoms with van der Waals surface area (Å²) in [6.45, 7) is 0.750. The molecular weight excluding hydrogens is 383 g/mol. The zero-order chi connectivity index (χ0) is 20.4. The van der Waals surface area contributed by atoms with Crippen molar-refractivity contribution in [3.8, 4) is 0 Å². The van der Waals surface area contributed by atoms with Crippen molar-refractivity contribution < 1.29 is 22.4 Å². The van der Waals surface area contributed by atoms with Crippen LogP contribution in [0, 0.1) is 0 Å². The predicted molar refractivity (Wildman–Crippen MR) is 102 cm³/mol. The summed E-state index contributed by atoms with van der Waals surface area (Å²) in [6.07, 6.45) is 1.97. The van der Waals surface area contributed by atoms with Crippen molar-refractivity contribution in [2.45, 2.75) is 63.0 Å². The number of halogens is 3. The van der Waals surface area contributed by atoms with Crippen LogP contribution in [0.3, 0.4) is 0 Å². The van der Waals surface area contributed by atoms with Gasteiger partial charge >= 0.3 is 12.2 Å². The fourth-order valence-corrected chi connectivity index (χ4v) is 4.62. The molecule has 2 aromatic rings. The second-order valence-electron chi connectivity index (χ2n) is 7.80. The fourth-order valence-electron chi connectivity index (χ4n) is 4.62. The molecule has 0 saturated carbocycles. The van der Waals surface area contributed by atoms with Crippen LogP contribution >= 0.6 is 0 Å². The van der Waals surface area contributed by atoms with E-state index >= 15 is 0 Å². The Balaban J connectivity index is 1.38. The van der Waals surface area contributed by atoms with Crippen molar-refractivity contribution in [2.24, 2.45) is 0 Å². The molecule has 1 unspecified atom stereocenters. The maximum Gasteiger partial charge on any atom is 0.418 e. The summed E-state index contributed by atoms with van der Waals surface area (Å²) in [5.41, 5.74) is -1.08. The Morgan fingerprint density at radius 3 is 2.48 bits per heavy atom. The van der Waals surface area contributed by atoms with Crippen molar-refractivity contribution in [3.63, 3.8) is 0 Å². The number of hydrogen-bond acceptors (Lipinski definition) is 3. The Morgan fingerprint density at radius 2 is 1.83 bits per heavy atom. The summed E-state index contributed by atoms with van der Waals surface area (Å²) in [7, 11) is 0.